The standard InChI is InChI=1S/C19H36N2O3.ClH/c1-13(2)15(17(22)9-6-10-19(21)24)12-18(23)16(20)11-14-7-4-3-5-8-14;/h13-16,18,23H,3-12,20H2,1-2H3,(H2,21,24);1H/t15-,16+,18+;/m1./s1. The summed E-state index contributed by atoms with van der Waals surface area (Å²) >= 11 is 0. The first-order valence-electron chi connectivity index (χ1n) is 9.56. The Bertz CT molecular complexity index is 398. The van der Waals surface area contributed by atoms with Crippen LogP contribution < -0.4 is 11.5 Å². The van der Waals surface area contributed by atoms with Gasteiger partial charge in [-0.1, -0.05) is 46.0 Å². The number of aliphatic hydroxyl groups excluding tert-OH is 1. The second kappa shape index (κ2) is 12.7. The number of hydrogen-bond donors (Lipinski definition) is 3. The van der Waals surface area contributed by atoms with E-state index in [0.717, 1.165) is 6.42 Å². The Labute approximate surface area is 158 Å². The molecule has 25 heavy (non-hydrogen) atoms. The Morgan fingerprint density at radius 1 is 1.12 bits per heavy atom. The lowest BCUT2D eigenvalue weighted by Crippen LogP contribution is -2.40. The van der Waals surface area contributed by atoms with Crippen LogP contribution in [0.15, 0.2) is 0 Å². The molecule has 0 aromatic rings. The highest BCUT2D eigenvalue weighted by Crippen LogP contribution is 2.29. The minimum atomic E-state index is -0.639. The van der Waals surface area contributed by atoms with Gasteiger partial charge >= 0.3 is 0 Å². The van der Waals surface area contributed by atoms with Gasteiger partial charge in [-0.3, -0.25) is 9.59 Å². The Hall–Kier alpha value is -0.650. The van der Waals surface area contributed by atoms with Gasteiger partial charge in [0.25, 0.3) is 0 Å². The molecule has 0 aliphatic heterocycles. The van der Waals surface area contributed by atoms with Gasteiger partial charge in [0.2, 0.25) is 5.91 Å². The molecule has 0 aromatic carbocycles. The van der Waals surface area contributed by atoms with Crippen molar-refractivity contribution in [2.24, 2.45) is 29.2 Å². The zero-order valence-electron chi connectivity index (χ0n) is 15.8. The molecular weight excluding hydrogens is 340 g/mol. The van der Waals surface area contributed by atoms with Crippen LogP contribution in [0.25, 0.3) is 0 Å². The van der Waals surface area contributed by atoms with Gasteiger partial charge in [0.15, 0.2) is 0 Å². The van der Waals surface area contributed by atoms with Crippen molar-refractivity contribution in [3.05, 3.63) is 0 Å². The first-order valence-corrected chi connectivity index (χ1v) is 9.56. The predicted octanol–water partition coefficient (Wildman–Crippen LogP) is 2.95. The van der Waals surface area contributed by atoms with Gasteiger partial charge in [-0.2, -0.15) is 0 Å². The lowest BCUT2D eigenvalue weighted by Gasteiger charge is -2.29. The lowest BCUT2D eigenvalue weighted by atomic mass is 9.80. The Balaban J connectivity index is 0.00000576. The molecule has 1 aliphatic carbocycles. The fraction of sp³-hybridized carbons (Fsp3) is 0.895. The van der Waals surface area contributed by atoms with Crippen LogP contribution in [0, 0.1) is 17.8 Å². The Kier molecular flexibility index (Phi) is 12.3. The van der Waals surface area contributed by atoms with Crippen LogP contribution in [0.2, 0.25) is 0 Å². The van der Waals surface area contributed by atoms with E-state index in [0.29, 0.717) is 25.2 Å². The van der Waals surface area contributed by atoms with Crippen molar-refractivity contribution in [3.63, 3.8) is 0 Å². The van der Waals surface area contributed by atoms with Crippen LogP contribution in [-0.2, 0) is 9.59 Å². The summed E-state index contributed by atoms with van der Waals surface area (Å²) in [6.45, 7) is 3.99. The smallest absolute Gasteiger partial charge is 0.217 e. The predicted molar refractivity (Wildman–Crippen MR) is 103 cm³/mol. The summed E-state index contributed by atoms with van der Waals surface area (Å²) in [7, 11) is 0. The summed E-state index contributed by atoms with van der Waals surface area (Å²) < 4.78 is 0. The molecule has 1 amide bonds. The first-order chi connectivity index (χ1) is 11.3. The maximum Gasteiger partial charge on any atom is 0.217 e. The number of carbonyl (C=O) groups is 2. The number of hydrogen-bond acceptors (Lipinski definition) is 4. The van der Waals surface area contributed by atoms with Gasteiger partial charge in [-0.15, -0.1) is 12.4 Å². The second-order valence-corrected chi connectivity index (χ2v) is 7.84. The molecule has 0 radical (unpaired) electrons. The molecule has 3 atom stereocenters. The van der Waals surface area contributed by atoms with E-state index < -0.39 is 6.10 Å². The molecule has 6 heteroatoms. The van der Waals surface area contributed by atoms with Gasteiger partial charge in [0, 0.05) is 24.8 Å². The van der Waals surface area contributed by atoms with E-state index in [9.17, 15) is 14.7 Å². The molecule has 148 valence electrons. The maximum absolute atomic E-state index is 12.4. The highest BCUT2D eigenvalue weighted by atomic mass is 35.5. The number of primary amides is 1. The van der Waals surface area contributed by atoms with E-state index in [2.05, 4.69) is 0 Å². The first kappa shape index (κ1) is 24.4. The van der Waals surface area contributed by atoms with Gasteiger partial charge in [0.1, 0.15) is 5.78 Å². The molecule has 0 spiro atoms. The third-order valence-electron chi connectivity index (χ3n) is 5.38. The van der Waals surface area contributed by atoms with E-state index in [1.165, 1.54) is 32.1 Å². The zero-order chi connectivity index (χ0) is 18.1. The summed E-state index contributed by atoms with van der Waals surface area (Å²) in [6.07, 6.45) is 7.95. The second-order valence-electron chi connectivity index (χ2n) is 7.84. The highest BCUT2D eigenvalue weighted by molar-refractivity contribution is 5.85. The van der Waals surface area contributed by atoms with E-state index in [1.807, 2.05) is 13.8 Å². The average molecular weight is 377 g/mol. The number of amides is 1. The van der Waals surface area contributed by atoms with E-state index in [4.69, 9.17) is 11.5 Å². The summed E-state index contributed by atoms with van der Waals surface area (Å²) in [5, 5.41) is 10.5. The number of carbonyl (C=O) groups excluding carboxylic acids is 2. The molecule has 1 fully saturated rings. The number of Topliss-reactive ketones (excluding diaryl/α,β-unsaturated/α-hetero) is 1. The highest BCUT2D eigenvalue weighted by Gasteiger charge is 2.28. The molecule has 1 rings (SSSR count). The van der Waals surface area contributed by atoms with Gasteiger partial charge in [-0.25, -0.2) is 0 Å². The number of nitrogens with two attached hydrogens (primary N) is 2. The van der Waals surface area contributed by atoms with Crippen molar-refractivity contribution >= 4 is 24.1 Å². The van der Waals surface area contributed by atoms with E-state index in [1.54, 1.807) is 0 Å². The van der Waals surface area contributed by atoms with E-state index >= 15 is 0 Å². The molecular formula is C19H37ClN2O3. The van der Waals surface area contributed by atoms with Crippen LogP contribution in [0.5, 0.6) is 0 Å². The zero-order valence-corrected chi connectivity index (χ0v) is 16.6. The summed E-state index contributed by atoms with van der Waals surface area (Å²) in [6, 6.07) is -0.257. The lowest BCUT2D eigenvalue weighted by molar-refractivity contribution is -0.125. The SMILES string of the molecule is CC(C)[C@@H](C[C@H](O)[C@@H](N)CC1CCCCC1)C(=O)CCCC(N)=O.Cl. The number of rotatable bonds is 11. The van der Waals surface area contributed by atoms with Crippen LogP contribution in [0.1, 0.15) is 78.1 Å². The van der Waals surface area contributed by atoms with Gasteiger partial charge in [0.05, 0.1) is 6.10 Å². The molecule has 1 aliphatic rings. The fourth-order valence-electron chi connectivity index (χ4n) is 3.80. The molecule has 0 unspecified atom stereocenters. The summed E-state index contributed by atoms with van der Waals surface area (Å²) in [5.74, 6) is 0.300. The van der Waals surface area contributed by atoms with Gasteiger partial charge < -0.3 is 16.6 Å². The van der Waals surface area contributed by atoms with Crippen LogP contribution >= 0.6 is 12.4 Å². The molecule has 5 nitrogen and oxygen atoms in total. The molecule has 0 heterocycles. The van der Waals surface area contributed by atoms with Crippen molar-refractivity contribution in [1.82, 2.24) is 0 Å². The fourth-order valence-corrected chi connectivity index (χ4v) is 3.80. The Morgan fingerprint density at radius 3 is 2.24 bits per heavy atom. The largest absolute Gasteiger partial charge is 0.391 e. The number of aliphatic hydroxyl groups is 1. The van der Waals surface area contributed by atoms with Crippen molar-refractivity contribution in [2.75, 3.05) is 0 Å². The van der Waals surface area contributed by atoms with Crippen LogP contribution in [0.3, 0.4) is 0 Å². The van der Waals surface area contributed by atoms with Gasteiger partial charge in [-0.05, 0) is 31.1 Å². The monoisotopic (exact) mass is 376 g/mol. The third-order valence-corrected chi connectivity index (χ3v) is 5.38. The minimum absolute atomic E-state index is 0. The summed E-state index contributed by atoms with van der Waals surface area (Å²) in [4.78, 5) is 23.2. The van der Waals surface area contributed by atoms with Crippen LogP contribution in [-0.4, -0.2) is 28.9 Å². The van der Waals surface area contributed by atoms with E-state index in [-0.39, 0.29) is 48.4 Å². The molecule has 0 saturated heterocycles. The molecule has 1 saturated carbocycles. The van der Waals surface area contributed by atoms with Crippen LogP contribution in [0.4, 0.5) is 0 Å². The minimum Gasteiger partial charge on any atom is -0.391 e. The van der Waals surface area contributed by atoms with Crippen molar-refractivity contribution < 1.29 is 14.7 Å². The maximum atomic E-state index is 12.4. The summed E-state index contributed by atoms with van der Waals surface area (Å²) in [5.41, 5.74) is 11.3. The molecule has 0 aromatic heterocycles. The molecule has 5 N–H and O–H groups in total. The topological polar surface area (TPSA) is 106 Å². The number of ketones is 1. The number of halogens is 1. The Morgan fingerprint density at radius 2 is 1.72 bits per heavy atom. The third kappa shape index (κ3) is 9.57. The van der Waals surface area contributed by atoms with Crippen molar-refractivity contribution in [2.45, 2.75) is 90.2 Å². The average Bonchev–Trinajstić information content (AvgIpc) is 2.52. The van der Waals surface area contributed by atoms with Crippen molar-refractivity contribution in [3.8, 4) is 0 Å². The quantitative estimate of drug-likeness (QED) is 0.515. The molecule has 0 bridgehead atoms. The van der Waals surface area contributed by atoms with Crippen molar-refractivity contribution in [1.29, 1.82) is 0 Å². The normalized spacial score (nSPS) is 19.1.